The van der Waals surface area contributed by atoms with Crippen molar-refractivity contribution in [2.24, 2.45) is 5.92 Å². The number of halogens is 1. The van der Waals surface area contributed by atoms with Crippen molar-refractivity contribution in [3.05, 3.63) is 67.6 Å². The molecule has 1 amide bonds. The minimum absolute atomic E-state index is 0.0872. The van der Waals surface area contributed by atoms with Gasteiger partial charge >= 0.3 is 5.69 Å². The van der Waals surface area contributed by atoms with Crippen molar-refractivity contribution in [2.75, 3.05) is 5.32 Å². The number of ketones is 1. The molecule has 1 unspecified atom stereocenters. The molecule has 0 aliphatic heterocycles. The number of nitrogens with zero attached hydrogens (tertiary/aromatic N) is 4. The molecule has 0 saturated heterocycles. The third kappa shape index (κ3) is 5.66. The third-order valence-corrected chi connectivity index (χ3v) is 6.11. The molecular weight excluding hydrogens is 470 g/mol. The maximum atomic E-state index is 12.8. The summed E-state index contributed by atoms with van der Waals surface area (Å²) in [6.07, 6.45) is 2.20. The fourth-order valence-corrected chi connectivity index (χ4v) is 4.09. The Hall–Kier alpha value is -3.77. The zero-order valence-corrected chi connectivity index (χ0v) is 20.6. The second-order valence-corrected chi connectivity index (χ2v) is 8.70. The summed E-state index contributed by atoms with van der Waals surface area (Å²) >= 11 is 5.99. The van der Waals surface area contributed by atoms with Gasteiger partial charge in [0.05, 0.1) is 27.7 Å². The Bertz CT molecular complexity index is 1450. The summed E-state index contributed by atoms with van der Waals surface area (Å²) in [5.74, 6) is -0.558. The second-order valence-electron chi connectivity index (χ2n) is 8.29. The van der Waals surface area contributed by atoms with E-state index in [9.17, 15) is 19.2 Å². The molecule has 0 fully saturated rings. The van der Waals surface area contributed by atoms with Crippen LogP contribution in [0, 0.1) is 17.2 Å². The van der Waals surface area contributed by atoms with E-state index in [2.05, 4.69) is 10.3 Å². The number of aryl methyl sites for hydroxylation is 1. The first-order valence-electron chi connectivity index (χ1n) is 11.4. The average molecular weight is 496 g/mol. The number of hydrogen-bond acceptors (Lipinski definition) is 6. The molecule has 10 heteroatoms. The molecule has 182 valence electrons. The Morgan fingerprint density at radius 3 is 2.51 bits per heavy atom. The highest BCUT2D eigenvalue weighted by atomic mass is 35.5. The van der Waals surface area contributed by atoms with Crippen molar-refractivity contribution in [1.82, 2.24) is 14.1 Å². The fraction of sp³-hybridized carbons (Fsp3) is 0.360. The van der Waals surface area contributed by atoms with Gasteiger partial charge in [-0.1, -0.05) is 18.5 Å². The van der Waals surface area contributed by atoms with Gasteiger partial charge in [-0.3, -0.25) is 28.5 Å². The normalized spacial score (nSPS) is 11.7. The van der Waals surface area contributed by atoms with E-state index in [0.29, 0.717) is 29.7 Å². The van der Waals surface area contributed by atoms with E-state index in [4.69, 9.17) is 16.9 Å². The summed E-state index contributed by atoms with van der Waals surface area (Å²) in [4.78, 5) is 54.6. The number of pyridine rings is 1. The van der Waals surface area contributed by atoms with Crippen LogP contribution in [0.4, 0.5) is 5.69 Å². The number of carbonyl (C=O) groups is 2. The minimum atomic E-state index is -0.443. The molecule has 3 rings (SSSR count). The van der Waals surface area contributed by atoms with Crippen LogP contribution in [0.1, 0.15) is 56.1 Å². The van der Waals surface area contributed by atoms with Gasteiger partial charge < -0.3 is 5.32 Å². The van der Waals surface area contributed by atoms with Crippen molar-refractivity contribution in [1.29, 1.82) is 5.26 Å². The fourth-order valence-electron chi connectivity index (χ4n) is 3.87. The highest BCUT2D eigenvalue weighted by Gasteiger charge is 2.17. The van der Waals surface area contributed by atoms with Gasteiger partial charge in [-0.05, 0) is 50.5 Å². The quantitative estimate of drug-likeness (QED) is 0.450. The summed E-state index contributed by atoms with van der Waals surface area (Å²) in [6, 6.07) is 8.06. The highest BCUT2D eigenvalue weighted by molar-refractivity contribution is 6.32. The van der Waals surface area contributed by atoms with E-state index in [0.717, 1.165) is 4.57 Å². The predicted octanol–water partition coefficient (Wildman–Crippen LogP) is 3.75. The van der Waals surface area contributed by atoms with Gasteiger partial charge in [0.2, 0.25) is 5.91 Å². The molecule has 3 aromatic rings. The maximum absolute atomic E-state index is 12.8. The number of nitrogens with one attached hydrogen (secondary N) is 1. The number of hydrogen-bond donors (Lipinski definition) is 1. The molecule has 35 heavy (non-hydrogen) atoms. The zero-order chi connectivity index (χ0) is 25.7. The second kappa shape index (κ2) is 11.1. The van der Waals surface area contributed by atoms with Gasteiger partial charge in [-0.15, -0.1) is 0 Å². The zero-order valence-electron chi connectivity index (χ0n) is 19.8. The first kappa shape index (κ1) is 25.8. The Balaban J connectivity index is 1.66. The van der Waals surface area contributed by atoms with E-state index < -0.39 is 11.2 Å². The average Bonchev–Trinajstić information content (AvgIpc) is 2.83. The number of amides is 1. The van der Waals surface area contributed by atoms with Crippen LogP contribution in [-0.2, 0) is 17.9 Å². The van der Waals surface area contributed by atoms with Crippen LogP contribution in [-0.4, -0.2) is 25.8 Å². The SMILES string of the molecule is CCn1c(=O)c2cc(C(=O)CCC(C)CC(=O)Nc3ccc(C#N)c(Cl)c3)ncc2n(CC)c1=O. The van der Waals surface area contributed by atoms with Crippen LogP contribution in [0.15, 0.2) is 40.1 Å². The summed E-state index contributed by atoms with van der Waals surface area (Å²) in [5, 5.41) is 12.2. The van der Waals surface area contributed by atoms with Crippen molar-refractivity contribution < 1.29 is 9.59 Å². The van der Waals surface area contributed by atoms with E-state index in [1.165, 1.54) is 29.0 Å². The highest BCUT2D eigenvalue weighted by Crippen LogP contribution is 2.21. The molecule has 0 aliphatic rings. The third-order valence-electron chi connectivity index (χ3n) is 5.80. The van der Waals surface area contributed by atoms with Crippen molar-refractivity contribution in [3.8, 4) is 6.07 Å². The molecule has 0 aliphatic carbocycles. The van der Waals surface area contributed by atoms with Crippen LogP contribution in [0.25, 0.3) is 10.9 Å². The van der Waals surface area contributed by atoms with Gasteiger partial charge in [0, 0.05) is 31.6 Å². The number of benzene rings is 1. The lowest BCUT2D eigenvalue weighted by molar-refractivity contribution is -0.117. The molecule has 1 aromatic carbocycles. The first-order valence-corrected chi connectivity index (χ1v) is 11.7. The number of Topliss-reactive ketones (excluding diaryl/α,β-unsaturated/α-hetero) is 1. The van der Waals surface area contributed by atoms with Crippen LogP contribution in [0.3, 0.4) is 0 Å². The topological polar surface area (TPSA) is 127 Å². The minimum Gasteiger partial charge on any atom is -0.326 e. The van der Waals surface area contributed by atoms with Crippen molar-refractivity contribution in [2.45, 2.75) is 53.1 Å². The van der Waals surface area contributed by atoms with Crippen LogP contribution < -0.4 is 16.6 Å². The van der Waals surface area contributed by atoms with Gasteiger partial charge in [0.25, 0.3) is 5.56 Å². The van der Waals surface area contributed by atoms with E-state index in [1.54, 1.807) is 19.9 Å². The van der Waals surface area contributed by atoms with Crippen LogP contribution in [0.5, 0.6) is 0 Å². The summed E-state index contributed by atoms with van der Waals surface area (Å²) in [6.45, 7) is 5.99. The number of rotatable bonds is 9. The standard InChI is InChI=1S/C25H26ClN5O4/c1-4-30-21-14-28-20(12-18(21)24(34)31(5-2)25(30)35)22(32)9-6-15(3)10-23(33)29-17-8-7-16(13-27)19(26)11-17/h7-8,11-12,14-15H,4-6,9-10H2,1-3H3,(H,29,33). The number of carbonyl (C=O) groups excluding carboxylic acids is 2. The lowest BCUT2D eigenvalue weighted by atomic mass is 9.98. The first-order chi connectivity index (χ1) is 16.7. The predicted molar refractivity (Wildman–Crippen MR) is 134 cm³/mol. The van der Waals surface area contributed by atoms with Gasteiger partial charge in [0.15, 0.2) is 5.78 Å². The number of anilines is 1. The number of nitriles is 1. The lowest BCUT2D eigenvalue weighted by Crippen LogP contribution is -2.39. The van der Waals surface area contributed by atoms with Gasteiger partial charge in [0.1, 0.15) is 11.8 Å². The summed E-state index contributed by atoms with van der Waals surface area (Å²) in [5.41, 5.74) is 0.529. The van der Waals surface area contributed by atoms with Crippen LogP contribution in [0.2, 0.25) is 5.02 Å². The number of aromatic nitrogens is 3. The molecule has 0 spiro atoms. The largest absolute Gasteiger partial charge is 0.331 e. The Kier molecular flexibility index (Phi) is 8.20. The van der Waals surface area contributed by atoms with E-state index in [-0.39, 0.29) is 53.1 Å². The van der Waals surface area contributed by atoms with E-state index in [1.807, 2.05) is 13.0 Å². The van der Waals surface area contributed by atoms with Crippen molar-refractivity contribution in [3.63, 3.8) is 0 Å². The van der Waals surface area contributed by atoms with Gasteiger partial charge in [-0.25, -0.2) is 4.79 Å². The Morgan fingerprint density at radius 2 is 1.89 bits per heavy atom. The van der Waals surface area contributed by atoms with E-state index >= 15 is 0 Å². The summed E-state index contributed by atoms with van der Waals surface area (Å²) in [7, 11) is 0. The smallest absolute Gasteiger partial charge is 0.326 e. The molecule has 0 saturated carbocycles. The molecule has 1 atom stereocenters. The molecule has 2 heterocycles. The van der Waals surface area contributed by atoms with Gasteiger partial charge in [-0.2, -0.15) is 5.26 Å². The summed E-state index contributed by atoms with van der Waals surface area (Å²) < 4.78 is 2.60. The lowest BCUT2D eigenvalue weighted by Gasteiger charge is -2.13. The Labute approximate surface area is 207 Å². The molecule has 1 N–H and O–H groups in total. The van der Waals surface area contributed by atoms with Crippen molar-refractivity contribution >= 4 is 39.9 Å². The maximum Gasteiger partial charge on any atom is 0.331 e. The molecule has 0 radical (unpaired) electrons. The molecule has 0 bridgehead atoms. The molecule has 9 nitrogen and oxygen atoms in total. The Morgan fingerprint density at radius 1 is 1.17 bits per heavy atom. The van der Waals surface area contributed by atoms with Crippen LogP contribution >= 0.6 is 11.6 Å². The number of fused-ring (bicyclic) bond motifs is 1. The molecular formula is C25H26ClN5O4. The monoisotopic (exact) mass is 495 g/mol. The molecule has 2 aromatic heterocycles.